The quantitative estimate of drug-likeness (QED) is 0.877. The molecule has 0 saturated heterocycles. The first-order valence-electron chi connectivity index (χ1n) is 5.48. The first-order valence-corrected chi connectivity index (χ1v) is 5.48. The predicted octanol–water partition coefficient (Wildman–Crippen LogP) is 1.80. The number of benzene rings is 1. The van der Waals surface area contributed by atoms with Crippen LogP contribution in [0.4, 0.5) is 4.39 Å². The lowest BCUT2D eigenvalue weighted by Crippen LogP contribution is -2.20. The van der Waals surface area contributed by atoms with Gasteiger partial charge in [-0.3, -0.25) is 4.68 Å². The summed E-state index contributed by atoms with van der Waals surface area (Å²) >= 11 is 0. The second kappa shape index (κ2) is 5.05. The van der Waals surface area contributed by atoms with Crippen LogP contribution in [0.1, 0.15) is 24.4 Å². The molecule has 0 saturated carbocycles. The minimum Gasteiger partial charge on any atom is -0.303 e. The van der Waals surface area contributed by atoms with Crippen molar-refractivity contribution in [2.45, 2.75) is 19.5 Å². The van der Waals surface area contributed by atoms with E-state index < -0.39 is 0 Å². The molecule has 0 unspecified atom stereocenters. The maximum absolute atomic E-state index is 13.1. The van der Waals surface area contributed by atoms with Crippen LogP contribution in [0.5, 0.6) is 0 Å². The number of aromatic nitrogens is 3. The molecule has 0 aliphatic heterocycles. The minimum absolute atomic E-state index is 0.0717. The number of aryl methyl sites for hydroxylation is 1. The lowest BCUT2D eigenvalue weighted by atomic mass is 10.1. The summed E-state index contributed by atoms with van der Waals surface area (Å²) in [5, 5.41) is 7.27. The molecule has 2 rings (SSSR count). The van der Waals surface area contributed by atoms with Gasteiger partial charge < -0.3 is 5.32 Å². The van der Waals surface area contributed by atoms with Crippen LogP contribution in [0, 0.1) is 5.82 Å². The number of hydrogen-bond acceptors (Lipinski definition) is 3. The molecule has 0 aliphatic rings. The first-order chi connectivity index (χ1) is 8.16. The fraction of sp³-hybridized carbons (Fsp3) is 0.333. The summed E-state index contributed by atoms with van der Waals surface area (Å²) in [6.45, 7) is 2.60. The molecule has 1 N–H and O–H groups in total. The number of nitrogens with one attached hydrogen (secondary N) is 1. The van der Waals surface area contributed by atoms with Gasteiger partial charge in [-0.25, -0.2) is 9.37 Å². The molecule has 0 amide bonds. The van der Waals surface area contributed by atoms with Gasteiger partial charge in [0.1, 0.15) is 18.0 Å². The number of nitrogens with zero attached hydrogens (tertiary/aromatic N) is 3. The van der Waals surface area contributed by atoms with Crippen molar-refractivity contribution in [2.75, 3.05) is 0 Å². The molecule has 5 heteroatoms. The van der Waals surface area contributed by atoms with Gasteiger partial charge in [-0.1, -0.05) is 12.1 Å². The summed E-state index contributed by atoms with van der Waals surface area (Å²) in [7, 11) is 1.84. The van der Waals surface area contributed by atoms with E-state index in [9.17, 15) is 4.39 Å². The van der Waals surface area contributed by atoms with Gasteiger partial charge in [-0.15, -0.1) is 0 Å². The highest BCUT2D eigenvalue weighted by atomic mass is 19.1. The van der Waals surface area contributed by atoms with Crippen LogP contribution in [0.15, 0.2) is 30.6 Å². The van der Waals surface area contributed by atoms with Gasteiger partial charge in [-0.2, -0.15) is 5.10 Å². The fourth-order valence-corrected chi connectivity index (χ4v) is 1.62. The van der Waals surface area contributed by atoms with Gasteiger partial charge >= 0.3 is 0 Å². The van der Waals surface area contributed by atoms with E-state index in [2.05, 4.69) is 15.4 Å². The molecule has 1 atom stereocenters. The predicted molar refractivity (Wildman–Crippen MR) is 62.7 cm³/mol. The van der Waals surface area contributed by atoms with Crippen LogP contribution < -0.4 is 5.32 Å². The lowest BCUT2D eigenvalue weighted by molar-refractivity contribution is 0.535. The zero-order chi connectivity index (χ0) is 12.3. The van der Waals surface area contributed by atoms with Crippen LogP contribution in [0.2, 0.25) is 0 Å². The van der Waals surface area contributed by atoms with Gasteiger partial charge in [0.05, 0.1) is 6.54 Å². The van der Waals surface area contributed by atoms with E-state index in [-0.39, 0.29) is 11.9 Å². The molecular formula is C12H15FN4. The van der Waals surface area contributed by atoms with Crippen molar-refractivity contribution in [1.29, 1.82) is 0 Å². The maximum atomic E-state index is 13.1. The third kappa shape index (κ3) is 2.88. The van der Waals surface area contributed by atoms with Crippen LogP contribution in [0.3, 0.4) is 0 Å². The Bertz CT molecular complexity index is 495. The van der Waals surface area contributed by atoms with Gasteiger partial charge in [0.15, 0.2) is 0 Å². The number of halogens is 1. The van der Waals surface area contributed by atoms with Crippen molar-refractivity contribution in [3.05, 3.63) is 47.8 Å². The Morgan fingerprint density at radius 3 is 2.94 bits per heavy atom. The normalized spacial score (nSPS) is 12.6. The second-order valence-electron chi connectivity index (χ2n) is 3.96. The highest BCUT2D eigenvalue weighted by molar-refractivity contribution is 5.19. The van der Waals surface area contributed by atoms with Gasteiger partial charge in [0.2, 0.25) is 0 Å². The zero-order valence-corrected chi connectivity index (χ0v) is 9.89. The molecule has 2 aromatic rings. The number of rotatable bonds is 4. The highest BCUT2D eigenvalue weighted by Gasteiger charge is 2.07. The fourth-order valence-electron chi connectivity index (χ4n) is 1.62. The van der Waals surface area contributed by atoms with Crippen LogP contribution in [-0.4, -0.2) is 14.8 Å². The molecule has 0 radical (unpaired) electrons. The average molecular weight is 234 g/mol. The SMILES string of the molecule is C[C@H](NCc1ncnn1C)c1cccc(F)c1. The molecule has 1 aromatic heterocycles. The maximum Gasteiger partial charge on any atom is 0.140 e. The number of hydrogen-bond donors (Lipinski definition) is 1. The highest BCUT2D eigenvalue weighted by Crippen LogP contribution is 2.13. The Kier molecular flexibility index (Phi) is 3.49. The molecule has 0 aliphatic carbocycles. The van der Waals surface area contributed by atoms with E-state index in [1.54, 1.807) is 10.7 Å². The van der Waals surface area contributed by atoms with Crippen molar-refractivity contribution in [3.63, 3.8) is 0 Å². The monoisotopic (exact) mass is 234 g/mol. The molecule has 17 heavy (non-hydrogen) atoms. The topological polar surface area (TPSA) is 42.7 Å². The summed E-state index contributed by atoms with van der Waals surface area (Å²) in [4.78, 5) is 4.11. The molecule has 0 bridgehead atoms. The van der Waals surface area contributed by atoms with Crippen LogP contribution in [0.25, 0.3) is 0 Å². The van der Waals surface area contributed by atoms with E-state index >= 15 is 0 Å². The van der Waals surface area contributed by atoms with Crippen molar-refractivity contribution in [1.82, 2.24) is 20.1 Å². The third-order valence-corrected chi connectivity index (χ3v) is 2.72. The Morgan fingerprint density at radius 1 is 1.47 bits per heavy atom. The largest absolute Gasteiger partial charge is 0.303 e. The van der Waals surface area contributed by atoms with Gasteiger partial charge in [-0.05, 0) is 24.6 Å². The van der Waals surface area contributed by atoms with E-state index in [4.69, 9.17) is 0 Å². The van der Waals surface area contributed by atoms with Crippen molar-refractivity contribution < 1.29 is 4.39 Å². The Balaban J connectivity index is 1.98. The Labute approximate surface area is 99.5 Å². The molecule has 0 spiro atoms. The van der Waals surface area contributed by atoms with Crippen molar-refractivity contribution >= 4 is 0 Å². The minimum atomic E-state index is -0.213. The standard InChI is InChI=1S/C12H15FN4/c1-9(10-4-3-5-11(13)6-10)14-7-12-15-8-16-17(12)2/h3-6,8-9,14H,7H2,1-2H3/t9-/m0/s1. The molecule has 90 valence electrons. The molecule has 0 fully saturated rings. The van der Waals surface area contributed by atoms with Crippen LogP contribution >= 0.6 is 0 Å². The molecule has 1 heterocycles. The molecule has 4 nitrogen and oxygen atoms in total. The zero-order valence-electron chi connectivity index (χ0n) is 9.89. The van der Waals surface area contributed by atoms with Gasteiger partial charge in [0.25, 0.3) is 0 Å². The van der Waals surface area contributed by atoms with Crippen LogP contribution in [-0.2, 0) is 13.6 Å². The smallest absolute Gasteiger partial charge is 0.140 e. The second-order valence-corrected chi connectivity index (χ2v) is 3.96. The Morgan fingerprint density at radius 2 is 2.29 bits per heavy atom. The third-order valence-electron chi connectivity index (χ3n) is 2.72. The average Bonchev–Trinajstić information content (AvgIpc) is 2.72. The summed E-state index contributed by atoms with van der Waals surface area (Å²) in [6, 6.07) is 6.66. The molecular weight excluding hydrogens is 219 g/mol. The van der Waals surface area contributed by atoms with Crippen molar-refractivity contribution in [3.8, 4) is 0 Å². The summed E-state index contributed by atoms with van der Waals surface area (Å²) in [6.07, 6.45) is 1.52. The van der Waals surface area contributed by atoms with Crippen molar-refractivity contribution in [2.24, 2.45) is 7.05 Å². The Hall–Kier alpha value is -1.75. The summed E-state index contributed by atoms with van der Waals surface area (Å²) < 4.78 is 14.8. The summed E-state index contributed by atoms with van der Waals surface area (Å²) in [5.41, 5.74) is 0.923. The van der Waals surface area contributed by atoms with E-state index in [0.29, 0.717) is 6.54 Å². The first kappa shape index (κ1) is 11.7. The van der Waals surface area contributed by atoms with E-state index in [1.807, 2.05) is 20.0 Å². The summed E-state index contributed by atoms with van der Waals surface area (Å²) in [5.74, 6) is 0.642. The van der Waals surface area contributed by atoms with E-state index in [1.165, 1.54) is 18.5 Å². The lowest BCUT2D eigenvalue weighted by Gasteiger charge is -2.13. The van der Waals surface area contributed by atoms with E-state index in [0.717, 1.165) is 11.4 Å². The molecule has 1 aromatic carbocycles. The van der Waals surface area contributed by atoms with Gasteiger partial charge in [0, 0.05) is 13.1 Å².